The van der Waals surface area contributed by atoms with E-state index in [1.807, 2.05) is 12.1 Å². The molecule has 0 unspecified atom stereocenters. The van der Waals surface area contributed by atoms with Gasteiger partial charge in [0.25, 0.3) is 0 Å². The smallest absolute Gasteiger partial charge is 0.143 e. The summed E-state index contributed by atoms with van der Waals surface area (Å²) in [6, 6.07) is 89.7. The highest BCUT2D eigenvalue weighted by molar-refractivity contribution is 6.22. The molecule has 12 aromatic rings. The molecule has 0 aliphatic rings. The molecular weight excluding hydrogens is 775 g/mol. The highest BCUT2D eigenvalue weighted by Gasteiger charge is 2.24. The van der Waals surface area contributed by atoms with Crippen LogP contribution in [0.1, 0.15) is 0 Å². The van der Waals surface area contributed by atoms with Gasteiger partial charge in [0.2, 0.25) is 0 Å². The molecule has 0 fully saturated rings. The van der Waals surface area contributed by atoms with Crippen LogP contribution < -0.4 is 4.90 Å². The molecule has 0 atom stereocenters. The van der Waals surface area contributed by atoms with Gasteiger partial charge in [-0.15, -0.1) is 0 Å². The number of benzene rings is 11. The van der Waals surface area contributed by atoms with E-state index in [1.165, 1.54) is 60.5 Å². The number of nitrogens with zero attached hydrogens (tertiary/aromatic N) is 1. The molecule has 300 valence electrons. The van der Waals surface area contributed by atoms with Crippen LogP contribution in [0.3, 0.4) is 0 Å². The minimum absolute atomic E-state index is 0.899. The normalized spacial score (nSPS) is 11.4. The van der Waals surface area contributed by atoms with E-state index in [9.17, 15) is 0 Å². The lowest BCUT2D eigenvalue weighted by Crippen LogP contribution is -2.12. The van der Waals surface area contributed by atoms with Gasteiger partial charge < -0.3 is 9.32 Å². The van der Waals surface area contributed by atoms with Crippen LogP contribution in [0.25, 0.3) is 99.1 Å². The van der Waals surface area contributed by atoms with Crippen molar-refractivity contribution in [2.45, 2.75) is 0 Å². The Kier molecular flexibility index (Phi) is 9.20. The molecule has 0 amide bonds. The number of hydrogen-bond acceptors (Lipinski definition) is 2. The lowest BCUT2D eigenvalue weighted by molar-refractivity contribution is 0.670. The Bertz CT molecular complexity index is 3570. The van der Waals surface area contributed by atoms with Crippen LogP contribution in [-0.4, -0.2) is 0 Å². The molecule has 2 nitrogen and oxygen atoms in total. The molecule has 0 aliphatic heterocycles. The Morgan fingerprint density at radius 2 is 0.688 bits per heavy atom. The first-order valence-corrected chi connectivity index (χ1v) is 21.9. The van der Waals surface area contributed by atoms with Crippen LogP contribution in [0.4, 0.5) is 17.1 Å². The van der Waals surface area contributed by atoms with Crippen LogP contribution in [0, 0.1) is 0 Å². The Balaban J connectivity index is 1.06. The van der Waals surface area contributed by atoms with Gasteiger partial charge in [0.15, 0.2) is 0 Å². The Labute approximate surface area is 372 Å². The number of fused-ring (bicyclic) bond motifs is 6. The van der Waals surface area contributed by atoms with Crippen molar-refractivity contribution >= 4 is 60.5 Å². The molecule has 2 heteroatoms. The van der Waals surface area contributed by atoms with Gasteiger partial charge in [0.05, 0.1) is 5.69 Å². The predicted octanol–water partition coefficient (Wildman–Crippen LogP) is 17.7. The Hall–Kier alpha value is -8.46. The summed E-state index contributed by atoms with van der Waals surface area (Å²) >= 11 is 0. The van der Waals surface area contributed by atoms with Gasteiger partial charge in [-0.2, -0.15) is 0 Å². The van der Waals surface area contributed by atoms with Crippen LogP contribution in [-0.2, 0) is 0 Å². The van der Waals surface area contributed by atoms with Gasteiger partial charge in [-0.3, -0.25) is 0 Å². The van der Waals surface area contributed by atoms with Gasteiger partial charge >= 0.3 is 0 Å². The molecule has 0 spiro atoms. The third-order valence-electron chi connectivity index (χ3n) is 12.6. The average molecular weight is 816 g/mol. The summed E-state index contributed by atoms with van der Waals surface area (Å²) in [5.74, 6) is 0. The Morgan fingerprint density at radius 3 is 1.27 bits per heavy atom. The minimum Gasteiger partial charge on any atom is -0.455 e. The number of rotatable bonds is 8. The summed E-state index contributed by atoms with van der Waals surface area (Å²) in [6.45, 7) is 0. The summed E-state index contributed by atoms with van der Waals surface area (Å²) in [4.78, 5) is 2.46. The van der Waals surface area contributed by atoms with Crippen molar-refractivity contribution in [3.05, 3.63) is 249 Å². The standard InChI is InChI=1S/C62H41NO/c1-4-17-42(18-5-1)47-39-48(43-19-6-2-7-20-43)41-49(40-47)44-31-35-50(36-32-44)63(51-37-33-45(34-38-51)52-28-16-29-58-55-25-14-15-30-59(55)64-62(52)58)61-57-27-13-11-24-54(57)53-23-10-12-26-56(53)60(61)46-21-8-3-9-22-46/h1-41H. The third-order valence-corrected chi connectivity index (χ3v) is 12.6. The van der Waals surface area contributed by atoms with E-state index in [0.717, 1.165) is 55.7 Å². The molecule has 12 rings (SSSR count). The first-order valence-electron chi connectivity index (χ1n) is 21.9. The number of furan rings is 1. The van der Waals surface area contributed by atoms with Gasteiger partial charge in [0, 0.05) is 38.7 Å². The van der Waals surface area contributed by atoms with Gasteiger partial charge in [-0.1, -0.05) is 200 Å². The van der Waals surface area contributed by atoms with Crippen molar-refractivity contribution in [2.24, 2.45) is 0 Å². The summed E-state index contributed by atoms with van der Waals surface area (Å²) < 4.78 is 6.51. The van der Waals surface area contributed by atoms with E-state index in [2.05, 4.69) is 241 Å². The van der Waals surface area contributed by atoms with Crippen molar-refractivity contribution < 1.29 is 4.42 Å². The monoisotopic (exact) mass is 815 g/mol. The zero-order valence-corrected chi connectivity index (χ0v) is 35.0. The summed E-state index contributed by atoms with van der Waals surface area (Å²) in [6.07, 6.45) is 0. The zero-order chi connectivity index (χ0) is 42.4. The lowest BCUT2D eigenvalue weighted by Gasteiger charge is -2.31. The molecule has 0 saturated heterocycles. The molecular formula is C62H41NO. The number of hydrogen-bond donors (Lipinski definition) is 0. The first-order chi connectivity index (χ1) is 31.7. The van der Waals surface area contributed by atoms with E-state index in [-0.39, 0.29) is 0 Å². The van der Waals surface area contributed by atoms with Crippen molar-refractivity contribution in [1.82, 2.24) is 0 Å². The predicted molar refractivity (Wildman–Crippen MR) is 271 cm³/mol. The average Bonchev–Trinajstić information content (AvgIpc) is 3.77. The highest BCUT2D eigenvalue weighted by atomic mass is 16.3. The van der Waals surface area contributed by atoms with E-state index in [1.54, 1.807) is 0 Å². The van der Waals surface area contributed by atoms with Crippen molar-refractivity contribution in [3.8, 4) is 55.6 Å². The van der Waals surface area contributed by atoms with Crippen molar-refractivity contribution in [3.63, 3.8) is 0 Å². The topological polar surface area (TPSA) is 16.4 Å². The second-order valence-corrected chi connectivity index (χ2v) is 16.4. The van der Waals surface area contributed by atoms with Crippen molar-refractivity contribution in [1.29, 1.82) is 0 Å². The molecule has 0 bridgehead atoms. The maximum Gasteiger partial charge on any atom is 0.143 e. The molecule has 0 saturated carbocycles. The first kappa shape index (κ1) is 37.3. The second-order valence-electron chi connectivity index (χ2n) is 16.4. The number of anilines is 3. The van der Waals surface area contributed by atoms with Crippen LogP contribution in [0.5, 0.6) is 0 Å². The third kappa shape index (κ3) is 6.52. The second kappa shape index (κ2) is 15.8. The molecule has 0 aliphatic carbocycles. The van der Waals surface area contributed by atoms with E-state index < -0.39 is 0 Å². The SMILES string of the molecule is c1ccc(-c2cc(-c3ccccc3)cc(-c3ccc(N(c4ccc(-c5cccc6c5oc5ccccc56)cc4)c4c(-c5ccccc5)c5ccccc5c5ccccc45)cc3)c2)cc1. The fourth-order valence-electron chi connectivity index (χ4n) is 9.62. The molecule has 0 radical (unpaired) electrons. The highest BCUT2D eigenvalue weighted by Crippen LogP contribution is 2.50. The fourth-order valence-corrected chi connectivity index (χ4v) is 9.62. The van der Waals surface area contributed by atoms with E-state index in [0.29, 0.717) is 0 Å². The zero-order valence-electron chi connectivity index (χ0n) is 35.0. The maximum atomic E-state index is 6.51. The summed E-state index contributed by atoms with van der Waals surface area (Å²) in [5, 5.41) is 7.10. The molecule has 1 aromatic heterocycles. The van der Waals surface area contributed by atoms with Gasteiger partial charge in [-0.05, 0) is 109 Å². The Morgan fingerprint density at radius 1 is 0.266 bits per heavy atom. The van der Waals surface area contributed by atoms with Crippen LogP contribution >= 0.6 is 0 Å². The maximum absolute atomic E-state index is 6.51. The minimum atomic E-state index is 0.899. The van der Waals surface area contributed by atoms with Crippen molar-refractivity contribution in [2.75, 3.05) is 4.90 Å². The van der Waals surface area contributed by atoms with E-state index >= 15 is 0 Å². The summed E-state index contributed by atoms with van der Waals surface area (Å²) in [7, 11) is 0. The number of para-hydroxylation sites is 2. The quantitative estimate of drug-likeness (QED) is 0.142. The van der Waals surface area contributed by atoms with Crippen LogP contribution in [0.2, 0.25) is 0 Å². The van der Waals surface area contributed by atoms with Gasteiger partial charge in [-0.25, -0.2) is 0 Å². The molecule has 64 heavy (non-hydrogen) atoms. The van der Waals surface area contributed by atoms with Crippen LogP contribution in [0.15, 0.2) is 253 Å². The molecule has 0 N–H and O–H groups in total. The summed E-state index contributed by atoms with van der Waals surface area (Å²) in [5.41, 5.74) is 16.7. The molecule has 1 heterocycles. The largest absolute Gasteiger partial charge is 0.455 e. The van der Waals surface area contributed by atoms with Gasteiger partial charge in [0.1, 0.15) is 11.2 Å². The van der Waals surface area contributed by atoms with E-state index in [4.69, 9.17) is 4.42 Å². The lowest BCUT2D eigenvalue weighted by atomic mass is 9.89. The molecule has 11 aromatic carbocycles. The fraction of sp³-hybridized carbons (Fsp3) is 0.